The van der Waals surface area contributed by atoms with Crippen LogP contribution < -0.4 is 14.8 Å². The van der Waals surface area contributed by atoms with Gasteiger partial charge in [-0.2, -0.15) is 0 Å². The molecule has 1 rings (SSSR count). The Bertz CT molecular complexity index is 385. The number of nitrogens with one attached hydrogen (secondary N) is 1. The van der Waals surface area contributed by atoms with Crippen molar-refractivity contribution in [2.24, 2.45) is 0 Å². The minimum Gasteiger partial charge on any atom is -0.493 e. The van der Waals surface area contributed by atoms with E-state index in [4.69, 9.17) is 25.8 Å². The van der Waals surface area contributed by atoms with Crippen LogP contribution in [0.5, 0.6) is 11.5 Å². The minimum absolute atomic E-state index is 0.204. The van der Waals surface area contributed by atoms with Crippen molar-refractivity contribution in [2.75, 3.05) is 27.1 Å². The van der Waals surface area contributed by atoms with Gasteiger partial charge in [0.25, 0.3) is 0 Å². The Morgan fingerprint density at radius 3 is 2.68 bits per heavy atom. The second kappa shape index (κ2) is 9.02. The van der Waals surface area contributed by atoms with Gasteiger partial charge in [-0.1, -0.05) is 18.5 Å². The van der Waals surface area contributed by atoms with Gasteiger partial charge >= 0.3 is 0 Å². The number of benzene rings is 1. The molecule has 0 spiro atoms. The molecule has 0 aliphatic heterocycles. The maximum Gasteiger partial charge on any atom is 0.189 e. The molecule has 108 valence electrons. The molecular weight excluding hydrogens is 266 g/mol. The molecule has 0 heterocycles. The zero-order valence-corrected chi connectivity index (χ0v) is 12.5. The summed E-state index contributed by atoms with van der Waals surface area (Å²) in [5.41, 5.74) is 0.970. The van der Waals surface area contributed by atoms with Crippen molar-refractivity contribution in [1.29, 1.82) is 0 Å². The topological polar surface area (TPSA) is 39.7 Å². The summed E-state index contributed by atoms with van der Waals surface area (Å²) in [4.78, 5) is 0. The van der Waals surface area contributed by atoms with E-state index in [-0.39, 0.29) is 6.79 Å². The molecule has 1 N–H and O–H groups in total. The molecule has 1 aromatic carbocycles. The van der Waals surface area contributed by atoms with Gasteiger partial charge in [0.05, 0.1) is 7.11 Å². The van der Waals surface area contributed by atoms with E-state index in [0.29, 0.717) is 29.7 Å². The number of hydrogen-bond acceptors (Lipinski definition) is 4. The van der Waals surface area contributed by atoms with Crippen LogP contribution in [-0.2, 0) is 11.3 Å². The van der Waals surface area contributed by atoms with Crippen LogP contribution in [-0.4, -0.2) is 27.1 Å². The Morgan fingerprint density at radius 2 is 2.05 bits per heavy atom. The van der Waals surface area contributed by atoms with Crippen molar-refractivity contribution in [2.45, 2.75) is 26.8 Å². The first-order valence-electron chi connectivity index (χ1n) is 6.50. The van der Waals surface area contributed by atoms with E-state index in [9.17, 15) is 0 Å². The van der Waals surface area contributed by atoms with Crippen molar-refractivity contribution in [1.82, 2.24) is 5.32 Å². The Hall–Kier alpha value is -0.970. The molecule has 0 atom stereocenters. The summed E-state index contributed by atoms with van der Waals surface area (Å²) < 4.78 is 16.2. The predicted molar refractivity (Wildman–Crippen MR) is 77.1 cm³/mol. The van der Waals surface area contributed by atoms with Gasteiger partial charge in [-0.3, -0.25) is 0 Å². The molecule has 0 aliphatic rings. The van der Waals surface area contributed by atoms with Crippen LogP contribution in [0, 0.1) is 0 Å². The third-order valence-corrected chi connectivity index (χ3v) is 2.77. The largest absolute Gasteiger partial charge is 0.493 e. The molecule has 19 heavy (non-hydrogen) atoms. The van der Waals surface area contributed by atoms with E-state index in [0.717, 1.165) is 18.5 Å². The molecule has 0 saturated carbocycles. The average molecular weight is 288 g/mol. The van der Waals surface area contributed by atoms with Crippen molar-refractivity contribution >= 4 is 11.6 Å². The zero-order valence-electron chi connectivity index (χ0n) is 11.8. The summed E-state index contributed by atoms with van der Waals surface area (Å²) >= 11 is 6.08. The predicted octanol–water partition coefficient (Wildman–Crippen LogP) is 3.22. The molecule has 0 aromatic heterocycles. The van der Waals surface area contributed by atoms with Crippen LogP contribution in [0.25, 0.3) is 0 Å². The molecule has 0 bridgehead atoms. The van der Waals surface area contributed by atoms with Crippen LogP contribution in [0.4, 0.5) is 0 Å². The van der Waals surface area contributed by atoms with E-state index < -0.39 is 0 Å². The maximum atomic E-state index is 6.08. The third kappa shape index (κ3) is 5.27. The normalized spacial score (nSPS) is 10.5. The lowest BCUT2D eigenvalue weighted by molar-refractivity contribution is 0.0202. The zero-order chi connectivity index (χ0) is 14.1. The first-order chi connectivity index (χ1) is 9.22. The minimum atomic E-state index is 0.204. The summed E-state index contributed by atoms with van der Waals surface area (Å²) in [5.74, 6) is 1.31. The summed E-state index contributed by atoms with van der Waals surface area (Å²) in [5, 5.41) is 3.96. The van der Waals surface area contributed by atoms with Crippen molar-refractivity contribution in [3.63, 3.8) is 0 Å². The molecule has 0 saturated heterocycles. The van der Waals surface area contributed by atoms with E-state index in [1.54, 1.807) is 13.2 Å². The summed E-state index contributed by atoms with van der Waals surface area (Å²) in [6, 6.07) is 3.63. The number of ether oxygens (including phenoxy) is 3. The van der Waals surface area contributed by atoms with Crippen LogP contribution in [0.2, 0.25) is 5.02 Å². The van der Waals surface area contributed by atoms with Gasteiger partial charge in [-0.25, -0.2) is 0 Å². The van der Waals surface area contributed by atoms with Gasteiger partial charge in [-0.05, 0) is 26.0 Å². The lowest BCUT2D eigenvalue weighted by Gasteiger charge is -2.16. The number of methoxy groups -OCH3 is 1. The van der Waals surface area contributed by atoms with Crippen molar-refractivity contribution < 1.29 is 14.2 Å². The molecule has 0 fully saturated rings. The highest BCUT2D eigenvalue weighted by Crippen LogP contribution is 2.34. The molecule has 1 aromatic rings. The average Bonchev–Trinajstić information content (AvgIpc) is 2.41. The van der Waals surface area contributed by atoms with Gasteiger partial charge in [0.15, 0.2) is 18.3 Å². The maximum absolute atomic E-state index is 6.08. The number of rotatable bonds is 9. The molecule has 0 aliphatic carbocycles. The quantitative estimate of drug-likeness (QED) is 0.559. The Labute approximate surface area is 120 Å². The molecule has 0 unspecified atom stereocenters. The molecule has 5 heteroatoms. The van der Waals surface area contributed by atoms with Gasteiger partial charge < -0.3 is 19.5 Å². The van der Waals surface area contributed by atoms with E-state index in [1.165, 1.54) is 0 Å². The molecular formula is C14H22ClNO3. The molecule has 4 nitrogen and oxygen atoms in total. The van der Waals surface area contributed by atoms with Gasteiger partial charge in [-0.15, -0.1) is 0 Å². The summed E-state index contributed by atoms with van der Waals surface area (Å²) in [6.45, 7) is 6.49. The highest BCUT2D eigenvalue weighted by molar-refractivity contribution is 6.30. The smallest absolute Gasteiger partial charge is 0.189 e. The Balaban J connectivity index is 2.86. The Kier molecular flexibility index (Phi) is 7.63. The molecule has 0 amide bonds. The van der Waals surface area contributed by atoms with Gasteiger partial charge in [0.2, 0.25) is 0 Å². The van der Waals surface area contributed by atoms with E-state index in [2.05, 4.69) is 12.2 Å². The fourth-order valence-corrected chi connectivity index (χ4v) is 1.88. The first-order valence-corrected chi connectivity index (χ1v) is 6.88. The fraction of sp³-hybridized carbons (Fsp3) is 0.571. The lowest BCUT2D eigenvalue weighted by Crippen LogP contribution is -2.15. The summed E-state index contributed by atoms with van der Waals surface area (Å²) in [7, 11) is 1.60. The fourth-order valence-electron chi connectivity index (χ4n) is 1.65. The second-order valence-corrected chi connectivity index (χ2v) is 4.46. The van der Waals surface area contributed by atoms with Crippen LogP contribution in [0.1, 0.15) is 25.8 Å². The lowest BCUT2D eigenvalue weighted by atomic mass is 10.2. The summed E-state index contributed by atoms with van der Waals surface area (Å²) in [6.07, 6.45) is 1.08. The standard InChI is InChI=1S/C14H22ClNO3/c1-4-6-16-9-11-7-12(15)8-13(17-3)14(11)19-10-18-5-2/h7-8,16H,4-6,9-10H2,1-3H3. The highest BCUT2D eigenvalue weighted by atomic mass is 35.5. The number of halogens is 1. The van der Waals surface area contributed by atoms with Crippen molar-refractivity contribution in [3.8, 4) is 11.5 Å². The monoisotopic (exact) mass is 287 g/mol. The first kappa shape index (κ1) is 16.1. The molecule has 0 radical (unpaired) electrons. The number of hydrogen-bond donors (Lipinski definition) is 1. The van der Waals surface area contributed by atoms with Crippen molar-refractivity contribution in [3.05, 3.63) is 22.7 Å². The highest BCUT2D eigenvalue weighted by Gasteiger charge is 2.12. The van der Waals surface area contributed by atoms with Gasteiger partial charge in [0, 0.05) is 29.8 Å². The van der Waals surface area contributed by atoms with Crippen LogP contribution in [0.3, 0.4) is 0 Å². The second-order valence-electron chi connectivity index (χ2n) is 4.03. The Morgan fingerprint density at radius 1 is 1.26 bits per heavy atom. The SMILES string of the molecule is CCCNCc1cc(Cl)cc(OC)c1OCOCC. The van der Waals surface area contributed by atoms with E-state index in [1.807, 2.05) is 13.0 Å². The van der Waals surface area contributed by atoms with Crippen LogP contribution in [0.15, 0.2) is 12.1 Å². The van der Waals surface area contributed by atoms with Crippen LogP contribution >= 0.6 is 11.6 Å². The van der Waals surface area contributed by atoms with E-state index >= 15 is 0 Å². The third-order valence-electron chi connectivity index (χ3n) is 2.55. The van der Waals surface area contributed by atoms with Gasteiger partial charge in [0.1, 0.15) is 0 Å².